The summed E-state index contributed by atoms with van der Waals surface area (Å²) >= 11 is 0. The van der Waals surface area contributed by atoms with Gasteiger partial charge in [0.25, 0.3) is 0 Å². The van der Waals surface area contributed by atoms with Gasteiger partial charge in [0, 0.05) is 12.8 Å². The minimum Gasteiger partial charge on any atom is -0.508 e. The van der Waals surface area contributed by atoms with Gasteiger partial charge in [-0.05, 0) is 37.0 Å². The van der Waals surface area contributed by atoms with E-state index in [4.69, 9.17) is 10.8 Å². The first-order valence-corrected chi connectivity index (χ1v) is 11.2. The smallest absolute Gasteiger partial charge is 0.326 e. The molecule has 1 aromatic rings. The number of nitrogens with two attached hydrogens (primary N) is 1. The van der Waals surface area contributed by atoms with Crippen LogP contribution in [-0.2, 0) is 30.4 Å². The number of carboxylic acids is 2. The molecule has 35 heavy (non-hydrogen) atoms. The maximum absolute atomic E-state index is 13.0. The van der Waals surface area contributed by atoms with Gasteiger partial charge in [-0.2, -0.15) is 0 Å². The van der Waals surface area contributed by atoms with Crippen LogP contribution in [0, 0.1) is 5.92 Å². The summed E-state index contributed by atoms with van der Waals surface area (Å²) in [4.78, 5) is 60.7. The van der Waals surface area contributed by atoms with Gasteiger partial charge in [-0.1, -0.05) is 32.4 Å². The van der Waals surface area contributed by atoms with Crippen LogP contribution in [0.3, 0.4) is 0 Å². The van der Waals surface area contributed by atoms with Gasteiger partial charge in [-0.15, -0.1) is 0 Å². The summed E-state index contributed by atoms with van der Waals surface area (Å²) < 4.78 is 0. The minimum absolute atomic E-state index is 0.0118. The zero-order chi connectivity index (χ0) is 26.7. The molecular formula is C23H34N4O8. The molecule has 0 heterocycles. The molecule has 0 bridgehead atoms. The van der Waals surface area contributed by atoms with Gasteiger partial charge in [0.2, 0.25) is 17.7 Å². The molecule has 0 saturated carbocycles. The maximum atomic E-state index is 13.0. The van der Waals surface area contributed by atoms with E-state index < -0.39 is 66.2 Å². The molecule has 0 spiro atoms. The molecule has 0 aromatic heterocycles. The fourth-order valence-electron chi connectivity index (χ4n) is 3.12. The third kappa shape index (κ3) is 10.0. The predicted molar refractivity (Wildman–Crippen MR) is 125 cm³/mol. The Labute approximate surface area is 203 Å². The number of phenols is 1. The molecule has 0 fully saturated rings. The van der Waals surface area contributed by atoms with Gasteiger partial charge in [0.1, 0.15) is 23.9 Å². The van der Waals surface area contributed by atoms with Crippen molar-refractivity contribution in [2.24, 2.45) is 11.7 Å². The Morgan fingerprint density at radius 3 is 1.94 bits per heavy atom. The van der Waals surface area contributed by atoms with Crippen LogP contribution in [-0.4, -0.2) is 69.1 Å². The van der Waals surface area contributed by atoms with E-state index in [9.17, 15) is 34.2 Å². The number of phenolic OH excluding ortho intramolecular Hbond substituents is 1. The molecule has 12 nitrogen and oxygen atoms in total. The lowest BCUT2D eigenvalue weighted by molar-refractivity contribution is -0.142. The van der Waals surface area contributed by atoms with Crippen molar-refractivity contribution in [2.45, 2.75) is 70.6 Å². The third-order valence-electron chi connectivity index (χ3n) is 5.48. The van der Waals surface area contributed by atoms with Crippen molar-refractivity contribution >= 4 is 29.7 Å². The summed E-state index contributed by atoms with van der Waals surface area (Å²) in [6.07, 6.45) is -0.243. The molecule has 3 amide bonds. The van der Waals surface area contributed by atoms with E-state index in [1.165, 1.54) is 31.2 Å². The molecule has 0 saturated heterocycles. The SMILES string of the molecule is CCC(C)C(NC(=O)C(CCC(=O)O)NC(=O)C(C)N)C(=O)NC(Cc1ccc(O)cc1)C(=O)O. The van der Waals surface area contributed by atoms with E-state index in [-0.39, 0.29) is 18.6 Å². The number of nitrogens with one attached hydrogen (secondary N) is 3. The normalized spacial score (nSPS) is 15.1. The minimum atomic E-state index is -1.31. The fraction of sp³-hybridized carbons (Fsp3) is 0.522. The molecule has 0 aliphatic rings. The van der Waals surface area contributed by atoms with Crippen LogP contribution in [0.1, 0.15) is 45.6 Å². The van der Waals surface area contributed by atoms with Crippen molar-refractivity contribution in [1.29, 1.82) is 0 Å². The van der Waals surface area contributed by atoms with Gasteiger partial charge < -0.3 is 37.0 Å². The standard InChI is InChI=1S/C23H34N4O8/c1-4-12(2)19(27-21(32)16(9-10-18(29)30)25-20(31)13(3)24)22(33)26-17(23(34)35)11-14-5-7-15(28)8-6-14/h5-8,12-13,16-17,19,28H,4,9-11,24H2,1-3H3,(H,25,31)(H,26,33)(H,27,32)(H,29,30)(H,34,35). The Hall–Kier alpha value is -3.67. The number of carbonyl (C=O) groups excluding carboxylic acids is 3. The summed E-state index contributed by atoms with van der Waals surface area (Å²) in [5.41, 5.74) is 6.08. The number of rotatable bonds is 14. The summed E-state index contributed by atoms with van der Waals surface area (Å²) in [6, 6.07) is 1.19. The van der Waals surface area contributed by atoms with E-state index in [1.54, 1.807) is 13.8 Å². The summed E-state index contributed by atoms with van der Waals surface area (Å²) in [7, 11) is 0. The zero-order valence-electron chi connectivity index (χ0n) is 20.0. The maximum Gasteiger partial charge on any atom is 0.326 e. The lowest BCUT2D eigenvalue weighted by atomic mass is 9.96. The number of hydrogen-bond acceptors (Lipinski definition) is 7. The Morgan fingerprint density at radius 2 is 1.46 bits per heavy atom. The topological polar surface area (TPSA) is 208 Å². The van der Waals surface area contributed by atoms with E-state index in [1.807, 2.05) is 0 Å². The molecule has 0 radical (unpaired) electrons. The van der Waals surface area contributed by atoms with E-state index in [0.29, 0.717) is 12.0 Å². The second kappa shape index (κ2) is 13.9. The molecule has 0 aliphatic carbocycles. The molecule has 194 valence electrons. The number of aromatic hydroxyl groups is 1. The van der Waals surface area contributed by atoms with Gasteiger partial charge in [-0.25, -0.2) is 4.79 Å². The number of carbonyl (C=O) groups is 5. The van der Waals surface area contributed by atoms with Crippen LogP contribution in [0.15, 0.2) is 24.3 Å². The van der Waals surface area contributed by atoms with Crippen molar-refractivity contribution in [1.82, 2.24) is 16.0 Å². The van der Waals surface area contributed by atoms with Gasteiger partial charge in [-0.3, -0.25) is 19.2 Å². The Balaban J connectivity index is 3.03. The van der Waals surface area contributed by atoms with Crippen LogP contribution < -0.4 is 21.7 Å². The Bertz CT molecular complexity index is 903. The van der Waals surface area contributed by atoms with Gasteiger partial charge in [0.15, 0.2) is 0 Å². The number of carboxylic acid groups (broad SMARTS) is 2. The zero-order valence-corrected chi connectivity index (χ0v) is 20.0. The average molecular weight is 495 g/mol. The van der Waals surface area contributed by atoms with E-state index >= 15 is 0 Å². The molecule has 1 aromatic carbocycles. The highest BCUT2D eigenvalue weighted by atomic mass is 16.4. The first kappa shape index (κ1) is 29.4. The van der Waals surface area contributed by atoms with Crippen molar-refractivity contribution in [3.05, 3.63) is 29.8 Å². The van der Waals surface area contributed by atoms with Crippen LogP contribution in [0.4, 0.5) is 0 Å². The molecule has 5 atom stereocenters. The van der Waals surface area contributed by atoms with Gasteiger partial charge >= 0.3 is 11.9 Å². The number of amides is 3. The van der Waals surface area contributed by atoms with Crippen molar-refractivity contribution in [3.63, 3.8) is 0 Å². The summed E-state index contributed by atoms with van der Waals surface area (Å²) in [5, 5.41) is 35.3. The molecule has 0 aliphatic heterocycles. The number of hydrogen-bond donors (Lipinski definition) is 7. The molecule has 12 heteroatoms. The number of aliphatic carboxylic acids is 2. The molecule has 5 unspecified atom stereocenters. The summed E-state index contributed by atoms with van der Waals surface area (Å²) in [6.45, 7) is 4.87. The average Bonchev–Trinajstić information content (AvgIpc) is 2.79. The molecular weight excluding hydrogens is 460 g/mol. The van der Waals surface area contributed by atoms with E-state index in [0.717, 1.165) is 0 Å². The highest BCUT2D eigenvalue weighted by Crippen LogP contribution is 2.13. The van der Waals surface area contributed by atoms with Crippen LogP contribution in [0.2, 0.25) is 0 Å². The Morgan fingerprint density at radius 1 is 0.886 bits per heavy atom. The molecule has 1 rings (SSSR count). The largest absolute Gasteiger partial charge is 0.508 e. The molecule has 8 N–H and O–H groups in total. The first-order valence-electron chi connectivity index (χ1n) is 11.2. The highest BCUT2D eigenvalue weighted by Gasteiger charge is 2.32. The summed E-state index contributed by atoms with van der Waals surface area (Å²) in [5.74, 6) is -5.05. The highest BCUT2D eigenvalue weighted by molar-refractivity contribution is 5.94. The van der Waals surface area contributed by atoms with Crippen LogP contribution in [0.25, 0.3) is 0 Å². The monoisotopic (exact) mass is 494 g/mol. The quantitative estimate of drug-likeness (QED) is 0.181. The van der Waals surface area contributed by atoms with Crippen molar-refractivity contribution in [2.75, 3.05) is 0 Å². The number of benzene rings is 1. The third-order valence-corrected chi connectivity index (χ3v) is 5.48. The second-order valence-electron chi connectivity index (χ2n) is 8.42. The Kier molecular flexibility index (Phi) is 11.7. The van der Waals surface area contributed by atoms with Crippen LogP contribution >= 0.6 is 0 Å². The van der Waals surface area contributed by atoms with Crippen LogP contribution in [0.5, 0.6) is 5.75 Å². The van der Waals surface area contributed by atoms with Gasteiger partial charge in [0.05, 0.1) is 6.04 Å². The van der Waals surface area contributed by atoms with E-state index in [2.05, 4.69) is 16.0 Å². The fourth-order valence-corrected chi connectivity index (χ4v) is 3.12. The van der Waals surface area contributed by atoms with Crippen molar-refractivity contribution < 1.29 is 39.3 Å². The lowest BCUT2D eigenvalue weighted by Crippen LogP contribution is -2.58. The van der Waals surface area contributed by atoms with Crippen molar-refractivity contribution in [3.8, 4) is 5.75 Å². The first-order chi connectivity index (χ1) is 16.3. The lowest BCUT2D eigenvalue weighted by Gasteiger charge is -2.28. The predicted octanol–water partition coefficient (Wildman–Crippen LogP) is -0.268. The second-order valence-corrected chi connectivity index (χ2v) is 8.42.